The Morgan fingerprint density at radius 1 is 1.25 bits per heavy atom. The molecule has 13 heteroatoms. The van der Waals surface area contributed by atoms with Gasteiger partial charge in [-0.05, 0) is 36.1 Å². The summed E-state index contributed by atoms with van der Waals surface area (Å²) < 4.78 is 117. The second-order valence-corrected chi connectivity index (χ2v) is 10.3. The first-order chi connectivity index (χ1) is 25.6. The van der Waals surface area contributed by atoms with Gasteiger partial charge < -0.3 is 24.6 Å². The highest BCUT2D eigenvalue weighted by molar-refractivity contribution is 6.01. The molecule has 0 spiro atoms. The number of pyridine rings is 2. The van der Waals surface area contributed by atoms with Crippen LogP contribution in [-0.2, 0) is 16.1 Å². The Balaban J connectivity index is 1.37. The van der Waals surface area contributed by atoms with Crippen LogP contribution in [0.1, 0.15) is 34.0 Å². The quantitative estimate of drug-likeness (QED) is 0.277. The topological polar surface area (TPSA) is 123 Å². The van der Waals surface area contributed by atoms with Crippen molar-refractivity contribution in [2.24, 2.45) is 11.8 Å². The molecule has 4 aromatic heterocycles. The zero-order chi connectivity index (χ0) is 40.0. The fraction of sp³-hybridized carbons (Fsp3) is 0.355. The van der Waals surface area contributed by atoms with Crippen molar-refractivity contribution < 1.29 is 33.7 Å². The number of fused-ring (bicyclic) bond motifs is 2. The number of rotatable bonds is 8. The number of aromatic nitrogens is 6. The normalized spacial score (nSPS) is 26.6. The SMILES string of the molecule is [2H]C([2H])([2H])N(Cc1ccc(OC)cc1)c1ncc(-c2nc3c(F)cc(N4C([2H])([2H])C([2H])([2H])OC([2H])([2H])C4([2H])[2H])cn3n2)c2cc(NC(=O)[C@H]3C[C@H]3C)nnc12. The molecule has 12 nitrogen and oxygen atoms in total. The van der Waals surface area contributed by atoms with Crippen LogP contribution >= 0.6 is 0 Å². The number of carbonyl (C=O) groups is 1. The summed E-state index contributed by atoms with van der Waals surface area (Å²) in [6.07, 6.45) is 2.86. The summed E-state index contributed by atoms with van der Waals surface area (Å²) in [4.78, 5) is 22.7. The second kappa shape index (κ2) is 11.3. The van der Waals surface area contributed by atoms with Crippen LogP contribution < -0.4 is 19.9 Å². The third kappa shape index (κ3) is 5.34. The molecule has 2 atom stereocenters. The van der Waals surface area contributed by atoms with Crippen molar-refractivity contribution in [1.29, 1.82) is 0 Å². The number of benzene rings is 1. The molecular weight excluding hydrogens is 565 g/mol. The summed E-state index contributed by atoms with van der Waals surface area (Å²) in [7, 11) is 1.50. The molecule has 226 valence electrons. The summed E-state index contributed by atoms with van der Waals surface area (Å²) in [6.45, 7) is -14.5. The zero-order valence-corrected chi connectivity index (χ0v) is 23.4. The predicted octanol–water partition coefficient (Wildman–Crippen LogP) is 3.95. The molecule has 7 rings (SSSR count). The van der Waals surface area contributed by atoms with Gasteiger partial charge in [0, 0.05) is 59.8 Å². The van der Waals surface area contributed by atoms with Gasteiger partial charge in [0.25, 0.3) is 0 Å². The maximum absolute atomic E-state index is 15.8. The number of carbonyl (C=O) groups excluding carboxylic acids is 1. The van der Waals surface area contributed by atoms with Crippen LogP contribution in [0.4, 0.5) is 21.7 Å². The van der Waals surface area contributed by atoms with Gasteiger partial charge in [0.1, 0.15) is 11.3 Å². The number of halogens is 1. The average Bonchev–Trinajstić information content (AvgIpc) is 3.67. The van der Waals surface area contributed by atoms with Crippen LogP contribution in [-0.4, -0.2) is 75.9 Å². The monoisotopic (exact) mass is 608 g/mol. The highest BCUT2D eigenvalue weighted by Crippen LogP contribution is 2.39. The lowest BCUT2D eigenvalue weighted by Gasteiger charge is -2.28. The molecule has 0 unspecified atom stereocenters. The fourth-order valence-corrected chi connectivity index (χ4v) is 4.84. The molecule has 1 N–H and O–H groups in total. The third-order valence-electron chi connectivity index (χ3n) is 7.35. The van der Waals surface area contributed by atoms with Gasteiger partial charge in [-0.1, -0.05) is 19.1 Å². The molecule has 44 heavy (non-hydrogen) atoms. The molecule has 5 aromatic rings. The van der Waals surface area contributed by atoms with E-state index in [2.05, 4.69) is 35.3 Å². The number of hydrogen-bond donors (Lipinski definition) is 1. The van der Waals surface area contributed by atoms with Crippen molar-refractivity contribution in [3.63, 3.8) is 0 Å². The summed E-state index contributed by atoms with van der Waals surface area (Å²) in [5, 5.41) is 15.6. The summed E-state index contributed by atoms with van der Waals surface area (Å²) in [6, 6.07) is 8.80. The first-order valence-electron chi connectivity index (χ1n) is 19.0. The van der Waals surface area contributed by atoms with Crippen molar-refractivity contribution in [3.8, 4) is 17.1 Å². The summed E-state index contributed by atoms with van der Waals surface area (Å²) in [5.74, 6) is -1.26. The van der Waals surface area contributed by atoms with E-state index in [0.29, 0.717) is 23.8 Å². The molecule has 2 aliphatic rings. The van der Waals surface area contributed by atoms with Gasteiger partial charge in [0.2, 0.25) is 5.91 Å². The first kappa shape index (κ1) is 18.0. The van der Waals surface area contributed by atoms with E-state index >= 15 is 4.39 Å². The maximum Gasteiger partial charge on any atom is 0.228 e. The van der Waals surface area contributed by atoms with E-state index in [0.717, 1.165) is 15.6 Å². The molecule has 1 amide bonds. The average molecular weight is 609 g/mol. The van der Waals surface area contributed by atoms with E-state index in [9.17, 15) is 4.79 Å². The lowest BCUT2D eigenvalue weighted by molar-refractivity contribution is -0.117. The van der Waals surface area contributed by atoms with Gasteiger partial charge in [-0.3, -0.25) is 4.79 Å². The third-order valence-corrected chi connectivity index (χ3v) is 7.35. The Kier molecular flexibility index (Phi) is 4.63. The van der Waals surface area contributed by atoms with Crippen LogP contribution in [0.3, 0.4) is 0 Å². The van der Waals surface area contributed by atoms with Crippen molar-refractivity contribution in [3.05, 3.63) is 60.2 Å². The van der Waals surface area contributed by atoms with Crippen LogP contribution in [0.15, 0.2) is 48.8 Å². The molecule has 0 radical (unpaired) electrons. The van der Waals surface area contributed by atoms with Crippen LogP contribution in [0.5, 0.6) is 5.75 Å². The minimum Gasteiger partial charge on any atom is -0.497 e. The number of amides is 1. The van der Waals surface area contributed by atoms with E-state index in [1.165, 1.54) is 19.4 Å². The number of hydrogen-bond acceptors (Lipinski definition) is 10. The number of ether oxygens (including phenoxy) is 2. The molecule has 5 heterocycles. The first-order valence-corrected chi connectivity index (χ1v) is 13.5. The summed E-state index contributed by atoms with van der Waals surface area (Å²) >= 11 is 0. The molecule has 0 bridgehead atoms. The number of morpholine rings is 1. The smallest absolute Gasteiger partial charge is 0.228 e. The molecular formula is C31H32FN9O3. The number of nitrogens with one attached hydrogen (secondary N) is 1. The van der Waals surface area contributed by atoms with E-state index in [1.54, 1.807) is 24.3 Å². The van der Waals surface area contributed by atoms with Crippen LogP contribution in [0.2, 0.25) is 0 Å². The fourth-order valence-electron chi connectivity index (χ4n) is 4.84. The Morgan fingerprint density at radius 2 is 2.05 bits per heavy atom. The van der Waals surface area contributed by atoms with Crippen LogP contribution in [0.25, 0.3) is 27.9 Å². The maximum atomic E-state index is 15.8. The molecule has 1 aliphatic carbocycles. The Morgan fingerprint density at radius 3 is 2.77 bits per heavy atom. The Hall–Kier alpha value is -4.91. The largest absolute Gasteiger partial charge is 0.497 e. The lowest BCUT2D eigenvalue weighted by atomic mass is 10.1. The highest BCUT2D eigenvalue weighted by atomic mass is 19.1. The molecule has 1 aromatic carbocycles. The number of methoxy groups -OCH3 is 1. The second-order valence-electron chi connectivity index (χ2n) is 10.3. The number of anilines is 3. The van der Waals surface area contributed by atoms with Gasteiger partial charge in [-0.2, -0.15) is 0 Å². The molecule has 1 saturated carbocycles. The molecule has 1 aliphatic heterocycles. The van der Waals surface area contributed by atoms with Crippen molar-refractivity contribution >= 4 is 39.8 Å². The van der Waals surface area contributed by atoms with Gasteiger partial charge >= 0.3 is 0 Å². The van der Waals surface area contributed by atoms with E-state index in [-0.39, 0.29) is 63.1 Å². The van der Waals surface area contributed by atoms with Crippen molar-refractivity contribution in [2.45, 2.75) is 19.9 Å². The van der Waals surface area contributed by atoms with Gasteiger partial charge in [-0.15, -0.1) is 15.3 Å². The van der Waals surface area contributed by atoms with Gasteiger partial charge in [0.05, 0.1) is 43.1 Å². The van der Waals surface area contributed by atoms with Crippen molar-refractivity contribution in [2.75, 3.05) is 55.3 Å². The Bertz CT molecular complexity index is 2300. The van der Waals surface area contributed by atoms with E-state index in [1.807, 2.05) is 6.92 Å². The molecule has 1 saturated heterocycles. The van der Waals surface area contributed by atoms with Crippen molar-refractivity contribution in [1.82, 2.24) is 29.8 Å². The standard InChI is InChI=1S/C31H32FN9O3/c1-18-12-22(18)31(42)34-26-14-23-24(28-35-29-25(32)13-20(17-41(29)38-28)40-8-10-44-11-9-40)15-33-30(27(23)37-36-26)39(2)16-19-4-6-21(43-3)7-5-19/h4-7,13-15,17-18,22H,8-12,16H2,1-3H3,(H,34,36,42)/t18-,22+/m1/s1/i2D3,8D2,9D2,10D2,11D2. The van der Waals surface area contributed by atoms with E-state index < -0.39 is 50.2 Å². The van der Waals surface area contributed by atoms with Crippen LogP contribution in [0, 0.1) is 17.7 Å². The van der Waals surface area contributed by atoms with Gasteiger partial charge in [0.15, 0.2) is 28.9 Å². The zero-order valence-electron chi connectivity index (χ0n) is 34.4. The van der Waals surface area contributed by atoms with Gasteiger partial charge in [-0.25, -0.2) is 18.9 Å². The van der Waals surface area contributed by atoms with E-state index in [4.69, 9.17) is 19.8 Å². The molecule has 2 fully saturated rings. The lowest BCUT2D eigenvalue weighted by Crippen LogP contribution is -2.36. The minimum absolute atomic E-state index is 0.0168. The minimum atomic E-state index is -3.39. The Labute approximate surface area is 268 Å². The highest BCUT2D eigenvalue weighted by Gasteiger charge is 2.39. The summed E-state index contributed by atoms with van der Waals surface area (Å²) in [5.41, 5.74) is -0.455. The number of nitrogens with zero attached hydrogens (tertiary/aromatic N) is 8. The predicted molar refractivity (Wildman–Crippen MR) is 163 cm³/mol.